The van der Waals surface area contributed by atoms with E-state index in [4.69, 9.17) is 15.8 Å². The molecule has 0 amide bonds. The number of rotatable bonds is 4. The molecule has 1 aromatic carbocycles. The lowest BCUT2D eigenvalue weighted by atomic mass is 10.3. The van der Waals surface area contributed by atoms with Gasteiger partial charge in [0.2, 0.25) is 0 Å². The second-order valence-corrected chi connectivity index (χ2v) is 10.6. The number of halogens is 1. The van der Waals surface area contributed by atoms with E-state index in [-0.39, 0.29) is 5.73 Å². The Balaban J connectivity index is 2.67. The van der Waals surface area contributed by atoms with Gasteiger partial charge in [0, 0.05) is 0 Å². The van der Waals surface area contributed by atoms with E-state index < -0.39 is 7.38 Å². The van der Waals surface area contributed by atoms with Gasteiger partial charge in [0.05, 0.1) is 0 Å². The first-order valence-electron chi connectivity index (χ1n) is 4.94. The van der Waals surface area contributed by atoms with E-state index in [2.05, 4.69) is 20.0 Å². The SMILES string of the molecule is CCC(Oc1ccccc1)[Si](C)(C)Cl. The molecule has 0 spiro atoms. The molecule has 0 aliphatic heterocycles. The van der Waals surface area contributed by atoms with Crippen molar-refractivity contribution >= 4 is 18.5 Å². The Kier molecular flexibility index (Phi) is 4.02. The summed E-state index contributed by atoms with van der Waals surface area (Å²) in [5, 5.41) is 0. The summed E-state index contributed by atoms with van der Waals surface area (Å²) in [5.41, 5.74) is 0.187. The number of hydrogen-bond donors (Lipinski definition) is 0. The zero-order valence-electron chi connectivity index (χ0n) is 8.96. The average Bonchev–Trinajstić information content (AvgIpc) is 2.14. The van der Waals surface area contributed by atoms with Crippen molar-refractivity contribution in [1.82, 2.24) is 0 Å². The zero-order valence-corrected chi connectivity index (χ0v) is 10.7. The first-order valence-corrected chi connectivity index (χ1v) is 9.03. The molecule has 0 aliphatic carbocycles. The molecule has 14 heavy (non-hydrogen) atoms. The van der Waals surface area contributed by atoms with Gasteiger partial charge in [0.25, 0.3) is 0 Å². The van der Waals surface area contributed by atoms with Gasteiger partial charge in [-0.25, -0.2) is 0 Å². The van der Waals surface area contributed by atoms with E-state index in [1.165, 1.54) is 0 Å². The van der Waals surface area contributed by atoms with Crippen LogP contribution in [0.1, 0.15) is 13.3 Å². The van der Waals surface area contributed by atoms with Crippen molar-refractivity contribution in [2.45, 2.75) is 32.2 Å². The topological polar surface area (TPSA) is 9.23 Å². The van der Waals surface area contributed by atoms with Crippen LogP contribution in [0.3, 0.4) is 0 Å². The smallest absolute Gasteiger partial charge is 0.194 e. The zero-order chi connectivity index (χ0) is 10.6. The van der Waals surface area contributed by atoms with Gasteiger partial charge in [0.15, 0.2) is 7.38 Å². The largest absolute Gasteiger partial charge is 0.493 e. The summed E-state index contributed by atoms with van der Waals surface area (Å²) in [4.78, 5) is 0. The molecule has 0 aliphatic rings. The maximum Gasteiger partial charge on any atom is 0.194 e. The Labute approximate surface area is 91.8 Å². The van der Waals surface area contributed by atoms with E-state index in [1.807, 2.05) is 30.3 Å². The molecule has 0 saturated carbocycles. The van der Waals surface area contributed by atoms with Crippen molar-refractivity contribution in [2.24, 2.45) is 0 Å². The monoisotopic (exact) mass is 228 g/mol. The van der Waals surface area contributed by atoms with Crippen LogP contribution in [0.25, 0.3) is 0 Å². The second-order valence-electron chi connectivity index (χ2n) is 3.89. The normalized spacial score (nSPS) is 13.7. The summed E-state index contributed by atoms with van der Waals surface area (Å²) in [6.07, 6.45) is 0.970. The maximum atomic E-state index is 6.36. The van der Waals surface area contributed by atoms with Gasteiger partial charge in [-0.3, -0.25) is 0 Å². The number of hydrogen-bond acceptors (Lipinski definition) is 1. The Morgan fingerprint density at radius 2 is 1.86 bits per heavy atom. The molecule has 1 rings (SSSR count). The van der Waals surface area contributed by atoms with Crippen LogP contribution < -0.4 is 4.74 Å². The molecular weight excluding hydrogens is 212 g/mol. The lowest BCUT2D eigenvalue weighted by Gasteiger charge is -2.26. The van der Waals surface area contributed by atoms with Crippen LogP contribution in [0.2, 0.25) is 13.1 Å². The first-order chi connectivity index (χ1) is 6.54. The number of benzene rings is 1. The Morgan fingerprint density at radius 1 is 1.29 bits per heavy atom. The van der Waals surface area contributed by atoms with E-state index in [1.54, 1.807) is 0 Å². The van der Waals surface area contributed by atoms with Crippen LogP contribution in [0, 0.1) is 0 Å². The van der Waals surface area contributed by atoms with Gasteiger partial charge in [-0.05, 0) is 18.6 Å². The minimum Gasteiger partial charge on any atom is -0.493 e. The summed E-state index contributed by atoms with van der Waals surface area (Å²) in [7, 11) is -1.72. The van der Waals surface area contributed by atoms with E-state index in [9.17, 15) is 0 Å². The van der Waals surface area contributed by atoms with Gasteiger partial charge in [0.1, 0.15) is 11.5 Å². The van der Waals surface area contributed by atoms with Crippen molar-refractivity contribution in [3.05, 3.63) is 30.3 Å². The van der Waals surface area contributed by atoms with Crippen molar-refractivity contribution in [3.8, 4) is 5.75 Å². The quantitative estimate of drug-likeness (QED) is 0.562. The highest BCUT2D eigenvalue weighted by Gasteiger charge is 2.30. The van der Waals surface area contributed by atoms with Crippen LogP contribution in [0.4, 0.5) is 0 Å². The lowest BCUT2D eigenvalue weighted by molar-refractivity contribution is 0.267. The molecule has 0 aromatic heterocycles. The molecule has 0 heterocycles. The van der Waals surface area contributed by atoms with E-state index >= 15 is 0 Å². The third-order valence-electron chi connectivity index (χ3n) is 2.16. The summed E-state index contributed by atoms with van der Waals surface area (Å²) in [6.45, 7) is 6.35. The standard InChI is InChI=1S/C11H17ClOSi/c1-4-11(14(2,3)12)13-10-8-6-5-7-9-10/h5-9,11H,4H2,1-3H3. The highest BCUT2D eigenvalue weighted by Crippen LogP contribution is 2.22. The van der Waals surface area contributed by atoms with Crippen molar-refractivity contribution < 1.29 is 4.74 Å². The molecule has 1 aromatic rings. The summed E-state index contributed by atoms with van der Waals surface area (Å²) < 4.78 is 5.86. The molecule has 0 bridgehead atoms. The average molecular weight is 229 g/mol. The van der Waals surface area contributed by atoms with E-state index in [0.717, 1.165) is 12.2 Å². The van der Waals surface area contributed by atoms with Crippen molar-refractivity contribution in [2.75, 3.05) is 0 Å². The number of ether oxygens (including phenoxy) is 1. The fourth-order valence-electron chi connectivity index (χ4n) is 1.37. The van der Waals surface area contributed by atoms with Crippen LogP contribution >= 0.6 is 11.1 Å². The first kappa shape index (κ1) is 11.6. The maximum absolute atomic E-state index is 6.36. The molecule has 1 nitrogen and oxygen atoms in total. The molecule has 0 fully saturated rings. The predicted molar refractivity (Wildman–Crippen MR) is 64.5 cm³/mol. The fraction of sp³-hybridized carbons (Fsp3) is 0.455. The Morgan fingerprint density at radius 3 is 2.29 bits per heavy atom. The highest BCUT2D eigenvalue weighted by molar-refractivity contribution is 7.19. The molecule has 1 unspecified atom stereocenters. The lowest BCUT2D eigenvalue weighted by Crippen LogP contribution is -2.40. The van der Waals surface area contributed by atoms with Gasteiger partial charge in [-0.15, -0.1) is 0 Å². The third kappa shape index (κ3) is 3.35. The Bertz CT molecular complexity index is 268. The molecular formula is C11H17ClOSi. The molecule has 0 N–H and O–H groups in total. The molecule has 0 saturated heterocycles. The fourth-order valence-corrected chi connectivity index (χ4v) is 3.36. The second kappa shape index (κ2) is 4.85. The van der Waals surface area contributed by atoms with Gasteiger partial charge in [-0.1, -0.05) is 38.2 Å². The minimum atomic E-state index is -1.72. The highest BCUT2D eigenvalue weighted by atomic mass is 35.6. The van der Waals surface area contributed by atoms with Gasteiger partial charge in [-0.2, -0.15) is 11.1 Å². The van der Waals surface area contributed by atoms with Crippen molar-refractivity contribution in [1.29, 1.82) is 0 Å². The molecule has 3 heteroatoms. The van der Waals surface area contributed by atoms with E-state index in [0.29, 0.717) is 0 Å². The molecule has 78 valence electrons. The summed E-state index contributed by atoms with van der Waals surface area (Å²) >= 11 is 6.36. The predicted octanol–water partition coefficient (Wildman–Crippen LogP) is 3.83. The Hall–Kier alpha value is -0.473. The molecule has 1 atom stereocenters. The van der Waals surface area contributed by atoms with Gasteiger partial charge >= 0.3 is 0 Å². The minimum absolute atomic E-state index is 0.187. The summed E-state index contributed by atoms with van der Waals surface area (Å²) in [5.74, 6) is 0.917. The van der Waals surface area contributed by atoms with Crippen LogP contribution in [0.15, 0.2) is 30.3 Å². The summed E-state index contributed by atoms with van der Waals surface area (Å²) in [6, 6.07) is 9.88. The molecule has 0 radical (unpaired) electrons. The van der Waals surface area contributed by atoms with Crippen molar-refractivity contribution in [3.63, 3.8) is 0 Å². The number of para-hydroxylation sites is 1. The van der Waals surface area contributed by atoms with Gasteiger partial charge < -0.3 is 4.74 Å². The van der Waals surface area contributed by atoms with Crippen LogP contribution in [-0.4, -0.2) is 13.1 Å². The van der Waals surface area contributed by atoms with Crippen LogP contribution in [0.5, 0.6) is 5.75 Å². The third-order valence-corrected chi connectivity index (χ3v) is 4.95. The van der Waals surface area contributed by atoms with Crippen LogP contribution in [-0.2, 0) is 0 Å².